The molecule has 0 unspecified atom stereocenters. The normalized spacial score (nSPS) is 11.0. The van der Waals surface area contributed by atoms with Crippen molar-refractivity contribution in [3.63, 3.8) is 0 Å². The summed E-state index contributed by atoms with van der Waals surface area (Å²) in [6.45, 7) is 2.88. The van der Waals surface area contributed by atoms with E-state index in [1.54, 1.807) is 0 Å². The number of unbranched alkanes of at least 4 members (excludes halogenated alkanes) is 16. The first-order chi connectivity index (χ1) is 12.8. The quantitative estimate of drug-likeness (QED) is 0.112. The Morgan fingerprint density at radius 2 is 1.04 bits per heavy atom. The van der Waals surface area contributed by atoms with E-state index in [2.05, 4.69) is 6.92 Å². The highest BCUT2D eigenvalue weighted by atomic mass is 35.5. The summed E-state index contributed by atoms with van der Waals surface area (Å²) in [5, 5.41) is 0. The highest BCUT2D eigenvalue weighted by Gasteiger charge is 2.01. The monoisotopic (exact) mass is 388 g/mol. The van der Waals surface area contributed by atoms with Gasteiger partial charge >= 0.3 is 5.97 Å². The van der Waals surface area contributed by atoms with Gasteiger partial charge in [0.25, 0.3) is 0 Å². The second-order valence-corrected chi connectivity index (χ2v) is 8.05. The first kappa shape index (κ1) is 25.8. The van der Waals surface area contributed by atoms with E-state index in [1.165, 1.54) is 96.3 Å². The van der Waals surface area contributed by atoms with Crippen molar-refractivity contribution in [3.8, 4) is 0 Å². The van der Waals surface area contributed by atoms with Gasteiger partial charge in [0.05, 0.1) is 6.61 Å². The number of hydrogen-bond acceptors (Lipinski definition) is 2. The number of hydrogen-bond donors (Lipinski definition) is 0. The van der Waals surface area contributed by atoms with Gasteiger partial charge in [0.15, 0.2) is 0 Å². The van der Waals surface area contributed by atoms with Gasteiger partial charge in [0, 0.05) is 12.3 Å². The van der Waals surface area contributed by atoms with Crippen molar-refractivity contribution < 1.29 is 9.53 Å². The molecule has 156 valence electrons. The third-order valence-electron chi connectivity index (χ3n) is 5.03. The number of carbonyl (C=O) groups is 1. The van der Waals surface area contributed by atoms with Gasteiger partial charge in [-0.25, -0.2) is 0 Å². The lowest BCUT2D eigenvalue weighted by molar-refractivity contribution is -0.143. The predicted octanol–water partition coefficient (Wildman–Crippen LogP) is 8.20. The molecule has 0 atom stereocenters. The van der Waals surface area contributed by atoms with Crippen LogP contribution in [-0.2, 0) is 9.53 Å². The van der Waals surface area contributed by atoms with Gasteiger partial charge in [0.2, 0.25) is 0 Å². The van der Waals surface area contributed by atoms with Crippen LogP contribution in [0.1, 0.15) is 129 Å². The molecule has 0 saturated heterocycles. The number of ether oxygens (including phenoxy) is 1. The van der Waals surface area contributed by atoms with E-state index in [4.69, 9.17) is 16.3 Å². The summed E-state index contributed by atoms with van der Waals surface area (Å²) >= 11 is 5.59. The Labute approximate surface area is 168 Å². The zero-order chi connectivity index (χ0) is 19.1. The van der Waals surface area contributed by atoms with E-state index in [1.807, 2.05) is 0 Å². The Morgan fingerprint density at radius 3 is 1.46 bits per heavy atom. The molecule has 2 nitrogen and oxygen atoms in total. The van der Waals surface area contributed by atoms with E-state index in [0.29, 0.717) is 18.9 Å². The molecule has 0 aliphatic carbocycles. The van der Waals surface area contributed by atoms with Crippen LogP contribution >= 0.6 is 11.6 Å². The fourth-order valence-electron chi connectivity index (χ4n) is 3.27. The summed E-state index contributed by atoms with van der Waals surface area (Å²) in [4.78, 5) is 11.4. The fourth-order valence-corrected chi connectivity index (χ4v) is 3.46. The number of carbonyl (C=O) groups excluding carboxylic acids is 1. The first-order valence-corrected chi connectivity index (χ1v) is 12.1. The highest BCUT2D eigenvalue weighted by Crippen LogP contribution is 2.13. The third kappa shape index (κ3) is 21.8. The van der Waals surface area contributed by atoms with Gasteiger partial charge in [-0.05, 0) is 19.3 Å². The van der Waals surface area contributed by atoms with Crippen LogP contribution in [0.3, 0.4) is 0 Å². The zero-order valence-electron chi connectivity index (χ0n) is 17.5. The molecule has 0 aliphatic rings. The lowest BCUT2D eigenvalue weighted by Crippen LogP contribution is -2.05. The molecule has 0 fully saturated rings. The molecular formula is C23H45ClO2. The lowest BCUT2D eigenvalue weighted by atomic mass is 10.0. The van der Waals surface area contributed by atoms with Crippen LogP contribution in [-0.4, -0.2) is 18.5 Å². The van der Waals surface area contributed by atoms with Crippen molar-refractivity contribution in [2.24, 2.45) is 0 Å². The molecule has 0 rings (SSSR count). The summed E-state index contributed by atoms with van der Waals surface area (Å²) in [6, 6.07) is 0. The van der Waals surface area contributed by atoms with Crippen LogP contribution in [0.15, 0.2) is 0 Å². The van der Waals surface area contributed by atoms with Gasteiger partial charge in [0.1, 0.15) is 0 Å². The molecule has 0 aliphatic heterocycles. The van der Waals surface area contributed by atoms with Crippen molar-refractivity contribution in [2.75, 3.05) is 12.5 Å². The highest BCUT2D eigenvalue weighted by molar-refractivity contribution is 6.17. The molecule has 0 amide bonds. The average Bonchev–Trinajstić information content (AvgIpc) is 2.64. The SMILES string of the molecule is CCCCCCCCCCCCCCCCCCOC(=O)CCCCCl. The molecule has 0 saturated carbocycles. The minimum Gasteiger partial charge on any atom is -0.466 e. The molecule has 0 bridgehead atoms. The summed E-state index contributed by atoms with van der Waals surface area (Å²) in [5.41, 5.74) is 0. The molecule has 0 aromatic carbocycles. The van der Waals surface area contributed by atoms with Crippen molar-refractivity contribution in [3.05, 3.63) is 0 Å². The van der Waals surface area contributed by atoms with Crippen molar-refractivity contribution in [1.82, 2.24) is 0 Å². The molecular weight excluding hydrogens is 344 g/mol. The van der Waals surface area contributed by atoms with Crippen molar-refractivity contribution in [1.29, 1.82) is 0 Å². The van der Waals surface area contributed by atoms with Crippen LogP contribution in [0.5, 0.6) is 0 Å². The van der Waals surface area contributed by atoms with Crippen LogP contribution < -0.4 is 0 Å². The van der Waals surface area contributed by atoms with Gasteiger partial charge in [-0.2, -0.15) is 0 Å². The molecule has 0 aromatic heterocycles. The first-order valence-electron chi connectivity index (χ1n) is 11.5. The Hall–Kier alpha value is -0.240. The molecule has 0 N–H and O–H groups in total. The Kier molecular flexibility index (Phi) is 22.6. The number of rotatable bonds is 21. The summed E-state index contributed by atoms with van der Waals surface area (Å²) in [6.07, 6.45) is 24.1. The van der Waals surface area contributed by atoms with E-state index >= 15 is 0 Å². The third-order valence-corrected chi connectivity index (χ3v) is 5.29. The van der Waals surface area contributed by atoms with Gasteiger partial charge in [-0.3, -0.25) is 4.79 Å². The van der Waals surface area contributed by atoms with E-state index in [-0.39, 0.29) is 5.97 Å². The van der Waals surface area contributed by atoms with E-state index in [9.17, 15) is 4.79 Å². The Morgan fingerprint density at radius 1 is 0.615 bits per heavy atom. The lowest BCUT2D eigenvalue weighted by Gasteiger charge is -2.05. The largest absolute Gasteiger partial charge is 0.466 e. The number of halogens is 1. The summed E-state index contributed by atoms with van der Waals surface area (Å²) in [5.74, 6) is 0.572. The second-order valence-electron chi connectivity index (χ2n) is 7.67. The van der Waals surface area contributed by atoms with E-state index in [0.717, 1.165) is 19.3 Å². The average molecular weight is 389 g/mol. The molecule has 0 aromatic rings. The van der Waals surface area contributed by atoms with Crippen molar-refractivity contribution in [2.45, 2.75) is 129 Å². The van der Waals surface area contributed by atoms with E-state index < -0.39 is 0 Å². The minimum absolute atomic E-state index is 0.0592. The van der Waals surface area contributed by atoms with Gasteiger partial charge in [-0.1, -0.05) is 103 Å². The van der Waals surface area contributed by atoms with Crippen LogP contribution in [0, 0.1) is 0 Å². The standard InChI is InChI=1S/C23H45ClO2/c1-2-3-4-5-6-7-8-9-10-11-12-13-14-15-16-19-22-26-23(25)20-17-18-21-24/h2-22H2,1H3. The van der Waals surface area contributed by atoms with Gasteiger partial charge < -0.3 is 4.74 Å². The molecule has 0 radical (unpaired) electrons. The van der Waals surface area contributed by atoms with Crippen molar-refractivity contribution >= 4 is 17.6 Å². The minimum atomic E-state index is -0.0592. The summed E-state index contributed by atoms with van der Waals surface area (Å²) in [7, 11) is 0. The van der Waals surface area contributed by atoms with Crippen LogP contribution in [0.2, 0.25) is 0 Å². The zero-order valence-corrected chi connectivity index (χ0v) is 18.3. The molecule has 0 spiro atoms. The predicted molar refractivity (Wildman–Crippen MR) is 115 cm³/mol. The maximum atomic E-state index is 11.4. The summed E-state index contributed by atoms with van der Waals surface area (Å²) < 4.78 is 5.23. The maximum absolute atomic E-state index is 11.4. The number of esters is 1. The molecule has 26 heavy (non-hydrogen) atoms. The molecule has 0 heterocycles. The maximum Gasteiger partial charge on any atom is 0.305 e. The topological polar surface area (TPSA) is 26.3 Å². The van der Waals surface area contributed by atoms with Crippen LogP contribution in [0.4, 0.5) is 0 Å². The smallest absolute Gasteiger partial charge is 0.305 e. The fraction of sp³-hybridized carbons (Fsp3) is 0.957. The Bertz CT molecular complexity index is 281. The Balaban J connectivity index is 3.06. The second kappa shape index (κ2) is 22.8. The van der Waals surface area contributed by atoms with Crippen LogP contribution in [0.25, 0.3) is 0 Å². The van der Waals surface area contributed by atoms with Gasteiger partial charge in [-0.15, -0.1) is 11.6 Å². The molecule has 3 heteroatoms. The number of alkyl halides is 1.